The van der Waals surface area contributed by atoms with Crippen molar-refractivity contribution >= 4 is 11.9 Å². The number of aliphatic carboxylic acids is 1. The molecule has 0 aliphatic carbocycles. The number of carboxylic acids is 1. The summed E-state index contributed by atoms with van der Waals surface area (Å²) in [4.78, 5) is 22.3. The zero-order valence-corrected chi connectivity index (χ0v) is 9.76. The number of nitrogens with one attached hydrogen (secondary N) is 1. The second kappa shape index (κ2) is 4.61. The lowest BCUT2D eigenvalue weighted by Crippen LogP contribution is -2.53. The number of carboxylic acid groups (broad SMARTS) is 1. The Hall–Kier alpha value is -1.10. The van der Waals surface area contributed by atoms with E-state index in [1.165, 1.54) is 0 Å². The lowest BCUT2D eigenvalue weighted by atomic mass is 9.92. The molecular formula is C10H20N2O3. The fraction of sp³-hybridized carbons (Fsp3) is 0.800. The van der Waals surface area contributed by atoms with E-state index in [-0.39, 0.29) is 12.5 Å². The first-order valence-corrected chi connectivity index (χ1v) is 4.94. The molecule has 0 aromatic carbocycles. The fourth-order valence-corrected chi connectivity index (χ4v) is 0.739. The quantitative estimate of drug-likeness (QED) is 0.618. The Morgan fingerprint density at radius 1 is 1.33 bits per heavy atom. The maximum atomic E-state index is 11.5. The van der Waals surface area contributed by atoms with E-state index in [4.69, 9.17) is 10.8 Å². The van der Waals surface area contributed by atoms with E-state index < -0.39 is 16.9 Å². The lowest BCUT2D eigenvalue weighted by Gasteiger charge is -2.25. The molecular weight excluding hydrogens is 196 g/mol. The molecule has 5 heteroatoms. The molecule has 0 fully saturated rings. The van der Waals surface area contributed by atoms with Gasteiger partial charge in [-0.3, -0.25) is 9.59 Å². The summed E-state index contributed by atoms with van der Waals surface area (Å²) in [6.45, 7) is 6.61. The third-order valence-electron chi connectivity index (χ3n) is 2.52. The molecule has 15 heavy (non-hydrogen) atoms. The van der Waals surface area contributed by atoms with E-state index >= 15 is 0 Å². The van der Waals surface area contributed by atoms with Crippen molar-refractivity contribution in [2.75, 3.05) is 6.54 Å². The highest BCUT2D eigenvalue weighted by Crippen LogP contribution is 2.14. The Kier molecular flexibility index (Phi) is 4.27. The summed E-state index contributed by atoms with van der Waals surface area (Å²) in [6.07, 6.45) is 0.506. The van der Waals surface area contributed by atoms with Crippen molar-refractivity contribution in [2.24, 2.45) is 11.1 Å². The van der Waals surface area contributed by atoms with E-state index in [0.29, 0.717) is 6.42 Å². The van der Waals surface area contributed by atoms with Gasteiger partial charge in [0.1, 0.15) is 0 Å². The average molecular weight is 216 g/mol. The van der Waals surface area contributed by atoms with E-state index in [9.17, 15) is 9.59 Å². The summed E-state index contributed by atoms with van der Waals surface area (Å²) in [6, 6.07) is 0. The number of hydrogen-bond donors (Lipinski definition) is 3. The van der Waals surface area contributed by atoms with Crippen LogP contribution in [0.25, 0.3) is 0 Å². The normalized spacial score (nSPS) is 15.5. The van der Waals surface area contributed by atoms with Crippen LogP contribution in [0.15, 0.2) is 0 Å². The second-order valence-corrected chi connectivity index (χ2v) is 4.64. The van der Waals surface area contributed by atoms with Crippen LogP contribution < -0.4 is 11.1 Å². The average Bonchev–Trinajstić information content (AvgIpc) is 2.13. The summed E-state index contributed by atoms with van der Waals surface area (Å²) in [7, 11) is 0. The Balaban J connectivity index is 4.30. The van der Waals surface area contributed by atoms with Crippen molar-refractivity contribution in [1.82, 2.24) is 5.32 Å². The Morgan fingerprint density at radius 2 is 1.80 bits per heavy atom. The van der Waals surface area contributed by atoms with Crippen molar-refractivity contribution < 1.29 is 14.7 Å². The van der Waals surface area contributed by atoms with Crippen LogP contribution in [-0.2, 0) is 9.59 Å². The van der Waals surface area contributed by atoms with Gasteiger partial charge in [0.15, 0.2) is 0 Å². The molecule has 0 aromatic heterocycles. The largest absolute Gasteiger partial charge is 0.481 e. The molecule has 0 aliphatic heterocycles. The van der Waals surface area contributed by atoms with Gasteiger partial charge in [-0.15, -0.1) is 0 Å². The standard InChI is InChI=1S/C10H20N2O3/c1-5-10(4,11)7(13)12-6-9(2,3)8(14)15/h5-6,11H2,1-4H3,(H,12,13)(H,14,15). The number of nitrogens with two attached hydrogens (primary N) is 1. The van der Waals surface area contributed by atoms with Gasteiger partial charge in [0.05, 0.1) is 11.0 Å². The number of hydrogen-bond acceptors (Lipinski definition) is 3. The summed E-state index contributed by atoms with van der Waals surface area (Å²) >= 11 is 0. The Labute approximate surface area is 90.0 Å². The highest BCUT2D eigenvalue weighted by molar-refractivity contribution is 5.86. The summed E-state index contributed by atoms with van der Waals surface area (Å²) in [5.41, 5.74) is 3.80. The second-order valence-electron chi connectivity index (χ2n) is 4.64. The van der Waals surface area contributed by atoms with Crippen molar-refractivity contribution in [1.29, 1.82) is 0 Å². The predicted octanol–water partition coefficient (Wildman–Crippen LogP) is 0.341. The number of amides is 1. The van der Waals surface area contributed by atoms with Gasteiger partial charge in [0.2, 0.25) is 5.91 Å². The first-order chi connectivity index (χ1) is 6.63. The number of carbonyl (C=O) groups excluding carboxylic acids is 1. The van der Waals surface area contributed by atoms with Gasteiger partial charge in [-0.05, 0) is 27.2 Å². The van der Waals surface area contributed by atoms with E-state index in [2.05, 4.69) is 5.32 Å². The summed E-state index contributed by atoms with van der Waals surface area (Å²) in [5, 5.41) is 11.4. The molecule has 1 atom stereocenters. The summed E-state index contributed by atoms with van der Waals surface area (Å²) in [5.74, 6) is -1.27. The zero-order chi connectivity index (χ0) is 12.3. The van der Waals surface area contributed by atoms with Crippen molar-refractivity contribution in [3.05, 3.63) is 0 Å². The Bertz CT molecular complexity index is 259. The van der Waals surface area contributed by atoms with Gasteiger partial charge in [0.25, 0.3) is 0 Å². The molecule has 0 aliphatic rings. The molecule has 1 unspecified atom stereocenters. The number of carbonyl (C=O) groups is 2. The molecule has 0 saturated heterocycles. The molecule has 88 valence electrons. The van der Waals surface area contributed by atoms with Crippen molar-refractivity contribution in [3.63, 3.8) is 0 Å². The lowest BCUT2D eigenvalue weighted by molar-refractivity contribution is -0.147. The first kappa shape index (κ1) is 13.9. The zero-order valence-electron chi connectivity index (χ0n) is 9.76. The molecule has 5 nitrogen and oxygen atoms in total. The van der Waals surface area contributed by atoms with Gasteiger partial charge in [-0.2, -0.15) is 0 Å². The third-order valence-corrected chi connectivity index (χ3v) is 2.52. The van der Waals surface area contributed by atoms with E-state index in [0.717, 1.165) is 0 Å². The maximum absolute atomic E-state index is 11.5. The molecule has 0 rings (SSSR count). The minimum absolute atomic E-state index is 0.0773. The maximum Gasteiger partial charge on any atom is 0.310 e. The molecule has 0 radical (unpaired) electrons. The van der Waals surface area contributed by atoms with Crippen LogP contribution in [0.1, 0.15) is 34.1 Å². The molecule has 0 spiro atoms. The third kappa shape index (κ3) is 3.87. The minimum Gasteiger partial charge on any atom is -0.481 e. The van der Waals surface area contributed by atoms with Crippen LogP contribution in [0.5, 0.6) is 0 Å². The molecule has 4 N–H and O–H groups in total. The number of rotatable bonds is 5. The van der Waals surface area contributed by atoms with Crippen molar-refractivity contribution in [3.8, 4) is 0 Å². The van der Waals surface area contributed by atoms with Crippen molar-refractivity contribution in [2.45, 2.75) is 39.7 Å². The first-order valence-electron chi connectivity index (χ1n) is 4.94. The van der Waals surface area contributed by atoms with Crippen LogP contribution in [0.4, 0.5) is 0 Å². The molecule has 0 bridgehead atoms. The van der Waals surface area contributed by atoms with Gasteiger partial charge in [0, 0.05) is 6.54 Å². The Morgan fingerprint density at radius 3 is 2.13 bits per heavy atom. The molecule has 1 amide bonds. The van der Waals surface area contributed by atoms with Gasteiger partial charge in [-0.25, -0.2) is 0 Å². The van der Waals surface area contributed by atoms with E-state index in [1.807, 2.05) is 6.92 Å². The minimum atomic E-state index is -0.973. The van der Waals surface area contributed by atoms with Crippen LogP contribution in [-0.4, -0.2) is 29.1 Å². The van der Waals surface area contributed by atoms with E-state index in [1.54, 1.807) is 20.8 Å². The SMILES string of the molecule is CCC(C)(N)C(=O)NCC(C)(C)C(=O)O. The monoisotopic (exact) mass is 216 g/mol. The predicted molar refractivity (Wildman–Crippen MR) is 57.3 cm³/mol. The topological polar surface area (TPSA) is 92.4 Å². The smallest absolute Gasteiger partial charge is 0.310 e. The van der Waals surface area contributed by atoms with Gasteiger partial charge >= 0.3 is 5.97 Å². The molecule has 0 heterocycles. The van der Waals surface area contributed by atoms with Crippen LogP contribution in [0, 0.1) is 5.41 Å². The van der Waals surface area contributed by atoms with Gasteiger partial charge in [-0.1, -0.05) is 6.92 Å². The summed E-state index contributed by atoms with van der Waals surface area (Å²) < 4.78 is 0. The molecule has 0 aromatic rings. The molecule has 0 saturated carbocycles. The van der Waals surface area contributed by atoms with Gasteiger partial charge < -0.3 is 16.2 Å². The van der Waals surface area contributed by atoms with Crippen LogP contribution in [0.3, 0.4) is 0 Å². The highest BCUT2D eigenvalue weighted by atomic mass is 16.4. The highest BCUT2D eigenvalue weighted by Gasteiger charge is 2.31. The van der Waals surface area contributed by atoms with Crippen LogP contribution >= 0.6 is 0 Å². The fourth-order valence-electron chi connectivity index (χ4n) is 0.739. The van der Waals surface area contributed by atoms with Crippen LogP contribution in [0.2, 0.25) is 0 Å².